The lowest BCUT2D eigenvalue weighted by Gasteiger charge is -2.09. The van der Waals surface area contributed by atoms with Crippen LogP contribution in [0.4, 0.5) is 11.6 Å². The van der Waals surface area contributed by atoms with E-state index in [-0.39, 0.29) is 24.0 Å². The summed E-state index contributed by atoms with van der Waals surface area (Å²) in [6.07, 6.45) is 1.34. The highest BCUT2D eigenvalue weighted by Gasteiger charge is 2.22. The second kappa shape index (κ2) is 7.95. The van der Waals surface area contributed by atoms with Crippen LogP contribution in [0.2, 0.25) is 0 Å². The molecule has 0 fully saturated rings. The van der Waals surface area contributed by atoms with Crippen LogP contribution in [0, 0.1) is 17.0 Å². The maximum absolute atomic E-state index is 11.4. The van der Waals surface area contributed by atoms with Crippen molar-refractivity contribution in [2.75, 3.05) is 12.2 Å². The highest BCUT2D eigenvalue weighted by atomic mass is 16.7. The number of hydrogen-bond donors (Lipinski definition) is 1. The summed E-state index contributed by atoms with van der Waals surface area (Å²) in [4.78, 5) is 20.1. The van der Waals surface area contributed by atoms with Gasteiger partial charge in [-0.25, -0.2) is 15.4 Å². The number of nitro benzene ring substituents is 1. The number of hydrazone groups is 1. The average Bonchev–Trinajstić information content (AvgIpc) is 3.26. The summed E-state index contributed by atoms with van der Waals surface area (Å²) in [6, 6.07) is 18.6. The molecule has 0 amide bonds. The maximum atomic E-state index is 11.4. The van der Waals surface area contributed by atoms with Crippen LogP contribution in [0.5, 0.6) is 11.5 Å². The van der Waals surface area contributed by atoms with Crippen LogP contribution in [0.3, 0.4) is 0 Å². The fourth-order valence-corrected chi connectivity index (χ4v) is 3.48. The van der Waals surface area contributed by atoms with Gasteiger partial charge >= 0.3 is 0 Å². The van der Waals surface area contributed by atoms with E-state index in [0.717, 1.165) is 27.7 Å². The molecule has 1 aliphatic heterocycles. The normalized spacial score (nSPS) is 12.4. The van der Waals surface area contributed by atoms with E-state index >= 15 is 0 Å². The molecule has 1 aromatic heterocycles. The zero-order valence-electron chi connectivity index (χ0n) is 17.0. The van der Waals surface area contributed by atoms with Crippen LogP contribution in [-0.4, -0.2) is 27.9 Å². The van der Waals surface area contributed by atoms with Crippen molar-refractivity contribution in [2.45, 2.75) is 6.92 Å². The Hall–Kier alpha value is -4.53. The summed E-state index contributed by atoms with van der Waals surface area (Å²) in [5.41, 5.74) is 6.51. The molecule has 0 saturated carbocycles. The molecule has 1 N–H and O–H groups in total. The molecule has 4 aromatic rings. The molecule has 0 radical (unpaired) electrons. The van der Waals surface area contributed by atoms with E-state index in [1.807, 2.05) is 55.5 Å². The van der Waals surface area contributed by atoms with Crippen molar-refractivity contribution in [1.29, 1.82) is 0 Å². The number of aromatic nitrogens is 2. The molecule has 0 saturated heterocycles. The molecular weight excluding hydrogens is 410 g/mol. The van der Waals surface area contributed by atoms with Gasteiger partial charge in [0.1, 0.15) is 0 Å². The third kappa shape index (κ3) is 3.67. The van der Waals surface area contributed by atoms with Crippen LogP contribution in [0.1, 0.15) is 11.1 Å². The lowest BCUT2D eigenvalue weighted by atomic mass is 10.0. The van der Waals surface area contributed by atoms with Gasteiger partial charge in [-0.15, -0.1) is 0 Å². The minimum atomic E-state index is -0.494. The first-order valence-corrected chi connectivity index (χ1v) is 9.79. The maximum Gasteiger partial charge on any atom is 0.282 e. The van der Waals surface area contributed by atoms with Gasteiger partial charge in [0.2, 0.25) is 12.7 Å². The summed E-state index contributed by atoms with van der Waals surface area (Å²) < 4.78 is 10.5. The van der Waals surface area contributed by atoms with Crippen LogP contribution < -0.4 is 14.9 Å². The number of benzene rings is 3. The van der Waals surface area contributed by atoms with Gasteiger partial charge in [-0.1, -0.05) is 42.0 Å². The average molecular weight is 427 g/mol. The predicted octanol–water partition coefficient (Wildman–Crippen LogP) is 4.69. The fraction of sp³-hybridized carbons (Fsp3) is 0.0870. The number of nitrogens with one attached hydrogen (secondary N) is 1. The highest BCUT2D eigenvalue weighted by molar-refractivity contribution is 5.93. The van der Waals surface area contributed by atoms with E-state index < -0.39 is 4.92 Å². The first-order chi connectivity index (χ1) is 15.6. The van der Waals surface area contributed by atoms with Crippen molar-refractivity contribution in [3.63, 3.8) is 0 Å². The molecule has 2 heterocycles. The molecule has 158 valence electrons. The number of rotatable bonds is 5. The molecule has 0 bridgehead atoms. The highest BCUT2D eigenvalue weighted by Crippen LogP contribution is 2.37. The SMILES string of the molecule is Cc1ccc2nc(N/N=C\c3cc4c(cc3[N+](=O)[O-])OCO4)nc(-c3ccccc3)c2c1. The molecule has 0 aliphatic carbocycles. The largest absolute Gasteiger partial charge is 0.454 e. The van der Waals surface area contributed by atoms with Crippen molar-refractivity contribution in [3.05, 3.63) is 81.9 Å². The van der Waals surface area contributed by atoms with Crippen molar-refractivity contribution in [1.82, 2.24) is 9.97 Å². The molecule has 9 nitrogen and oxygen atoms in total. The molecule has 1 aliphatic rings. The van der Waals surface area contributed by atoms with Gasteiger partial charge < -0.3 is 9.47 Å². The minimum Gasteiger partial charge on any atom is -0.454 e. The Bertz CT molecular complexity index is 1370. The minimum absolute atomic E-state index is 0.0258. The van der Waals surface area contributed by atoms with Crippen LogP contribution in [0.25, 0.3) is 22.2 Å². The van der Waals surface area contributed by atoms with Gasteiger partial charge in [-0.05, 0) is 25.1 Å². The standard InChI is InChI=1S/C23H17N5O4/c1-14-7-8-18-17(9-14)22(15-5-3-2-4-6-15)26-23(25-18)27-24-12-16-10-20-21(32-13-31-20)11-19(16)28(29)30/h2-12H,13H2,1H3,(H,25,26,27)/b24-12-. The summed E-state index contributed by atoms with van der Waals surface area (Å²) in [5, 5.41) is 16.5. The number of nitro groups is 1. The topological polar surface area (TPSA) is 112 Å². The van der Waals surface area contributed by atoms with Gasteiger partial charge in [-0.2, -0.15) is 5.10 Å². The predicted molar refractivity (Wildman–Crippen MR) is 120 cm³/mol. The van der Waals surface area contributed by atoms with Crippen molar-refractivity contribution in [2.24, 2.45) is 5.10 Å². The van der Waals surface area contributed by atoms with E-state index in [1.165, 1.54) is 18.3 Å². The second-order valence-electron chi connectivity index (χ2n) is 7.17. The van der Waals surface area contributed by atoms with Gasteiger partial charge in [0, 0.05) is 10.9 Å². The van der Waals surface area contributed by atoms with Gasteiger partial charge in [0.25, 0.3) is 5.69 Å². The summed E-state index contributed by atoms with van der Waals surface area (Å²) in [7, 11) is 0. The van der Waals surface area contributed by atoms with E-state index in [1.54, 1.807) is 0 Å². The second-order valence-corrected chi connectivity index (χ2v) is 7.17. The Morgan fingerprint density at radius 1 is 1.06 bits per heavy atom. The van der Waals surface area contributed by atoms with E-state index in [9.17, 15) is 10.1 Å². The van der Waals surface area contributed by atoms with Crippen LogP contribution in [-0.2, 0) is 0 Å². The fourth-order valence-electron chi connectivity index (χ4n) is 3.48. The monoisotopic (exact) mass is 427 g/mol. The third-order valence-electron chi connectivity index (χ3n) is 4.99. The number of hydrogen-bond acceptors (Lipinski definition) is 8. The third-order valence-corrected chi connectivity index (χ3v) is 4.99. The van der Waals surface area contributed by atoms with Gasteiger partial charge in [-0.3, -0.25) is 10.1 Å². The van der Waals surface area contributed by atoms with Crippen molar-refractivity contribution >= 4 is 28.8 Å². The molecule has 0 spiro atoms. The van der Waals surface area contributed by atoms with Crippen LogP contribution in [0.15, 0.2) is 65.8 Å². The van der Waals surface area contributed by atoms with Crippen molar-refractivity contribution < 1.29 is 14.4 Å². The summed E-state index contributed by atoms with van der Waals surface area (Å²) in [6.45, 7) is 2.04. The summed E-state index contributed by atoms with van der Waals surface area (Å²) >= 11 is 0. The molecule has 9 heteroatoms. The zero-order valence-corrected chi connectivity index (χ0v) is 17.0. The number of aryl methyl sites for hydroxylation is 1. The smallest absolute Gasteiger partial charge is 0.282 e. The summed E-state index contributed by atoms with van der Waals surface area (Å²) in [5.74, 6) is 1.04. The van der Waals surface area contributed by atoms with E-state index in [4.69, 9.17) is 9.47 Å². The number of fused-ring (bicyclic) bond motifs is 2. The number of nitrogens with zero attached hydrogens (tertiary/aromatic N) is 4. The lowest BCUT2D eigenvalue weighted by molar-refractivity contribution is -0.385. The molecule has 0 unspecified atom stereocenters. The number of ether oxygens (including phenoxy) is 2. The first-order valence-electron chi connectivity index (χ1n) is 9.79. The van der Waals surface area contributed by atoms with Crippen LogP contribution >= 0.6 is 0 Å². The van der Waals surface area contributed by atoms with Crippen molar-refractivity contribution in [3.8, 4) is 22.8 Å². The Kier molecular flexibility index (Phi) is 4.83. The molecule has 3 aromatic carbocycles. The molecule has 5 rings (SSSR count). The Labute approximate surface area is 182 Å². The Balaban J connectivity index is 1.51. The Morgan fingerprint density at radius 3 is 2.62 bits per heavy atom. The Morgan fingerprint density at radius 2 is 1.84 bits per heavy atom. The van der Waals surface area contributed by atoms with Gasteiger partial charge in [0.15, 0.2) is 11.5 Å². The molecule has 0 atom stereocenters. The number of anilines is 1. The lowest BCUT2D eigenvalue weighted by Crippen LogP contribution is -2.01. The zero-order chi connectivity index (χ0) is 22.1. The quantitative estimate of drug-likeness (QED) is 0.279. The first kappa shape index (κ1) is 19.4. The van der Waals surface area contributed by atoms with E-state index in [0.29, 0.717) is 11.5 Å². The van der Waals surface area contributed by atoms with Gasteiger partial charge in [0.05, 0.1) is 34.0 Å². The molecular formula is C23H17N5O4. The molecule has 32 heavy (non-hydrogen) atoms. The van der Waals surface area contributed by atoms with E-state index in [2.05, 4.69) is 20.5 Å².